The van der Waals surface area contributed by atoms with Crippen molar-refractivity contribution in [2.24, 2.45) is 11.8 Å². The van der Waals surface area contributed by atoms with E-state index in [0.717, 1.165) is 12.3 Å². The molecule has 0 amide bonds. The zero-order valence-electron chi connectivity index (χ0n) is 6.80. The number of rotatable bonds is 1. The van der Waals surface area contributed by atoms with Crippen molar-refractivity contribution in [1.29, 1.82) is 0 Å². The summed E-state index contributed by atoms with van der Waals surface area (Å²) in [6.45, 7) is 4.72. The first-order chi connectivity index (χ1) is 4.72. The highest BCUT2D eigenvalue weighted by Crippen LogP contribution is 2.26. The lowest BCUT2D eigenvalue weighted by atomic mass is 9.85. The summed E-state index contributed by atoms with van der Waals surface area (Å²) in [5.74, 6) is 1.44. The molecule has 0 spiro atoms. The lowest BCUT2D eigenvalue weighted by molar-refractivity contribution is 0.306. The molecule has 0 aromatic carbocycles. The van der Waals surface area contributed by atoms with Crippen LogP contribution in [0, 0.1) is 11.8 Å². The molecule has 2 atom stereocenters. The second-order valence-corrected chi connectivity index (χ2v) is 3.51. The van der Waals surface area contributed by atoms with Crippen molar-refractivity contribution in [3.63, 3.8) is 0 Å². The van der Waals surface area contributed by atoms with E-state index in [0.29, 0.717) is 5.92 Å². The first-order valence-corrected chi connectivity index (χ1v) is 4.02. The molecule has 1 N–H and O–H groups in total. The largest absolute Gasteiger partial charge is 0.392 e. The average Bonchev–Trinajstić information content (AvgIpc) is 1.85. The molecule has 0 radical (unpaired) electrons. The van der Waals surface area contributed by atoms with E-state index in [1.54, 1.807) is 0 Å². The van der Waals surface area contributed by atoms with E-state index >= 15 is 0 Å². The predicted octanol–water partition coefficient (Wildman–Crippen LogP) is 1.97. The van der Waals surface area contributed by atoms with Crippen molar-refractivity contribution in [3.8, 4) is 0 Å². The van der Waals surface area contributed by atoms with Crippen LogP contribution < -0.4 is 0 Å². The fourth-order valence-electron chi connectivity index (χ4n) is 1.82. The van der Waals surface area contributed by atoms with Gasteiger partial charge in [-0.1, -0.05) is 19.9 Å². The number of aliphatic hydroxyl groups excluding tert-OH is 1. The average molecular weight is 140 g/mol. The molecule has 1 aliphatic carbocycles. The minimum Gasteiger partial charge on any atom is -0.392 e. The van der Waals surface area contributed by atoms with Crippen molar-refractivity contribution in [2.45, 2.75) is 26.7 Å². The molecule has 0 saturated carbocycles. The fraction of sp³-hybridized carbons (Fsp3) is 0.778. The molecule has 0 bridgehead atoms. The molecule has 0 aliphatic heterocycles. The fourth-order valence-corrected chi connectivity index (χ4v) is 1.82. The lowest BCUT2D eigenvalue weighted by Crippen LogP contribution is -2.11. The van der Waals surface area contributed by atoms with Gasteiger partial charge < -0.3 is 5.11 Å². The quantitative estimate of drug-likeness (QED) is 0.552. The molecule has 1 heteroatoms. The van der Waals surface area contributed by atoms with Crippen LogP contribution in [0.5, 0.6) is 0 Å². The summed E-state index contributed by atoms with van der Waals surface area (Å²) >= 11 is 0. The Morgan fingerprint density at radius 3 is 2.80 bits per heavy atom. The summed E-state index contributed by atoms with van der Waals surface area (Å²) in [4.78, 5) is 0. The van der Waals surface area contributed by atoms with Crippen molar-refractivity contribution in [2.75, 3.05) is 6.61 Å². The Hall–Kier alpha value is -0.300. The maximum Gasteiger partial charge on any atom is 0.0641 e. The molecule has 0 aromatic heterocycles. The van der Waals surface area contributed by atoms with Crippen LogP contribution in [0.2, 0.25) is 0 Å². The summed E-state index contributed by atoms with van der Waals surface area (Å²) in [7, 11) is 0. The molecule has 1 rings (SSSR count). The summed E-state index contributed by atoms with van der Waals surface area (Å²) < 4.78 is 0. The first kappa shape index (κ1) is 7.80. The molecular formula is C9H16O. The Morgan fingerprint density at radius 1 is 1.60 bits per heavy atom. The molecule has 2 unspecified atom stereocenters. The van der Waals surface area contributed by atoms with Crippen LogP contribution in [0.3, 0.4) is 0 Å². The van der Waals surface area contributed by atoms with E-state index in [1.165, 1.54) is 12.0 Å². The molecule has 1 nitrogen and oxygen atoms in total. The van der Waals surface area contributed by atoms with Crippen LogP contribution in [0.1, 0.15) is 26.7 Å². The monoisotopic (exact) mass is 140 g/mol. The minimum atomic E-state index is 0.259. The van der Waals surface area contributed by atoms with Crippen LogP contribution in [-0.2, 0) is 0 Å². The van der Waals surface area contributed by atoms with E-state index < -0.39 is 0 Å². The Morgan fingerprint density at radius 2 is 2.30 bits per heavy atom. The maximum atomic E-state index is 8.86. The molecule has 1 aliphatic rings. The maximum absolute atomic E-state index is 8.86. The number of allylic oxidation sites excluding steroid dienone is 1. The number of aliphatic hydroxyl groups is 1. The van der Waals surface area contributed by atoms with Gasteiger partial charge in [0, 0.05) is 0 Å². The lowest BCUT2D eigenvalue weighted by Gasteiger charge is -2.22. The van der Waals surface area contributed by atoms with E-state index in [1.807, 2.05) is 0 Å². The first-order valence-electron chi connectivity index (χ1n) is 4.02. The van der Waals surface area contributed by atoms with Gasteiger partial charge in [-0.2, -0.15) is 0 Å². The standard InChI is InChI=1S/C9H16O/c1-7-3-8(2)5-9(4-7)6-10/h4,7-8,10H,3,5-6H2,1-2H3. The zero-order chi connectivity index (χ0) is 7.56. The topological polar surface area (TPSA) is 20.2 Å². The highest BCUT2D eigenvalue weighted by Gasteiger charge is 2.14. The van der Waals surface area contributed by atoms with Crippen molar-refractivity contribution in [3.05, 3.63) is 11.6 Å². The number of hydrogen-bond donors (Lipinski definition) is 1. The smallest absolute Gasteiger partial charge is 0.0641 e. The molecule has 0 saturated heterocycles. The van der Waals surface area contributed by atoms with Crippen LogP contribution in [0.15, 0.2) is 11.6 Å². The van der Waals surface area contributed by atoms with Gasteiger partial charge in [-0.05, 0) is 30.3 Å². The Bertz CT molecular complexity index is 138. The van der Waals surface area contributed by atoms with Gasteiger partial charge in [0.25, 0.3) is 0 Å². The highest BCUT2D eigenvalue weighted by molar-refractivity contribution is 5.08. The summed E-state index contributed by atoms with van der Waals surface area (Å²) in [6.07, 6.45) is 4.59. The zero-order valence-corrected chi connectivity index (χ0v) is 6.80. The van der Waals surface area contributed by atoms with E-state index in [9.17, 15) is 0 Å². The SMILES string of the molecule is CC1C=C(CO)CC(C)C1. The van der Waals surface area contributed by atoms with Gasteiger partial charge in [0.1, 0.15) is 0 Å². The van der Waals surface area contributed by atoms with Gasteiger partial charge >= 0.3 is 0 Å². The van der Waals surface area contributed by atoms with Gasteiger partial charge in [-0.3, -0.25) is 0 Å². The van der Waals surface area contributed by atoms with Gasteiger partial charge in [0.05, 0.1) is 6.61 Å². The third-order valence-corrected chi connectivity index (χ3v) is 2.11. The van der Waals surface area contributed by atoms with Gasteiger partial charge in [-0.15, -0.1) is 0 Å². The molecule has 0 heterocycles. The normalized spacial score (nSPS) is 33.7. The van der Waals surface area contributed by atoms with Crippen molar-refractivity contribution < 1.29 is 5.11 Å². The third-order valence-electron chi connectivity index (χ3n) is 2.11. The Kier molecular flexibility index (Phi) is 2.50. The van der Waals surface area contributed by atoms with Crippen LogP contribution in [-0.4, -0.2) is 11.7 Å². The Balaban J connectivity index is 2.56. The van der Waals surface area contributed by atoms with E-state index in [2.05, 4.69) is 19.9 Å². The Labute approximate surface area is 62.8 Å². The third kappa shape index (κ3) is 1.84. The second kappa shape index (κ2) is 3.20. The van der Waals surface area contributed by atoms with Gasteiger partial charge in [0.15, 0.2) is 0 Å². The van der Waals surface area contributed by atoms with E-state index in [-0.39, 0.29) is 6.61 Å². The van der Waals surface area contributed by atoms with Crippen LogP contribution in [0.25, 0.3) is 0 Å². The molecule has 0 fully saturated rings. The summed E-state index contributed by atoms with van der Waals surface area (Å²) in [6, 6.07) is 0. The summed E-state index contributed by atoms with van der Waals surface area (Å²) in [5.41, 5.74) is 1.23. The van der Waals surface area contributed by atoms with Crippen LogP contribution >= 0.6 is 0 Å². The molecule has 0 aromatic rings. The molecule has 58 valence electrons. The van der Waals surface area contributed by atoms with Gasteiger partial charge in [-0.25, -0.2) is 0 Å². The summed E-state index contributed by atoms with van der Waals surface area (Å²) in [5, 5.41) is 8.86. The number of hydrogen-bond acceptors (Lipinski definition) is 1. The highest BCUT2D eigenvalue weighted by atomic mass is 16.3. The minimum absolute atomic E-state index is 0.259. The van der Waals surface area contributed by atoms with Gasteiger partial charge in [0.2, 0.25) is 0 Å². The van der Waals surface area contributed by atoms with E-state index in [4.69, 9.17) is 5.11 Å². The molecular weight excluding hydrogens is 124 g/mol. The predicted molar refractivity (Wildman–Crippen MR) is 42.7 cm³/mol. The van der Waals surface area contributed by atoms with Crippen molar-refractivity contribution in [1.82, 2.24) is 0 Å². The second-order valence-electron chi connectivity index (χ2n) is 3.51. The van der Waals surface area contributed by atoms with Crippen LogP contribution in [0.4, 0.5) is 0 Å². The van der Waals surface area contributed by atoms with Crippen molar-refractivity contribution >= 4 is 0 Å². The molecule has 10 heavy (non-hydrogen) atoms.